The van der Waals surface area contributed by atoms with Crippen LogP contribution in [0.15, 0.2) is 42.7 Å². The first-order valence-electron chi connectivity index (χ1n) is 7.63. The average Bonchev–Trinajstić information content (AvgIpc) is 3.09. The van der Waals surface area contributed by atoms with E-state index in [2.05, 4.69) is 20.8 Å². The number of benzene rings is 1. The third kappa shape index (κ3) is 3.88. The van der Waals surface area contributed by atoms with Crippen LogP contribution in [0.25, 0.3) is 0 Å². The van der Waals surface area contributed by atoms with Crippen molar-refractivity contribution in [2.24, 2.45) is 5.92 Å². The van der Waals surface area contributed by atoms with E-state index in [1.165, 1.54) is 0 Å². The molecule has 1 aliphatic rings. The summed E-state index contributed by atoms with van der Waals surface area (Å²) in [5.41, 5.74) is 1.39. The fourth-order valence-corrected chi connectivity index (χ4v) is 2.66. The summed E-state index contributed by atoms with van der Waals surface area (Å²) in [6, 6.07) is 9.15. The highest BCUT2D eigenvalue weighted by molar-refractivity contribution is 5.94. The van der Waals surface area contributed by atoms with Gasteiger partial charge in [-0.1, -0.05) is 18.2 Å². The minimum atomic E-state index is -0.205. The largest absolute Gasteiger partial charge is 0.326 e. The van der Waals surface area contributed by atoms with Gasteiger partial charge >= 0.3 is 6.03 Å². The quantitative estimate of drug-likeness (QED) is 0.812. The van der Waals surface area contributed by atoms with Gasteiger partial charge in [0.2, 0.25) is 5.91 Å². The van der Waals surface area contributed by atoms with E-state index in [0.29, 0.717) is 18.8 Å². The van der Waals surface area contributed by atoms with Gasteiger partial charge in [0.15, 0.2) is 0 Å². The van der Waals surface area contributed by atoms with Gasteiger partial charge in [0.05, 0.1) is 17.8 Å². The summed E-state index contributed by atoms with van der Waals surface area (Å²) in [5.74, 6) is -0.240. The standard InChI is InChI=1S/C16H19N5O2/c22-15(19-13-6-2-1-3-7-13)12-5-4-8-21(11-12)16(23)20-14-9-17-18-10-14/h1-3,6-7,9-10,12H,4-5,8,11H2,(H,17,18)(H,19,22)(H,20,23). The number of hydrogen-bond donors (Lipinski definition) is 3. The number of nitrogens with one attached hydrogen (secondary N) is 3. The third-order valence-electron chi connectivity index (χ3n) is 3.87. The molecule has 120 valence electrons. The Balaban J connectivity index is 1.57. The monoisotopic (exact) mass is 313 g/mol. The van der Waals surface area contributed by atoms with Gasteiger partial charge in [-0.2, -0.15) is 5.10 Å². The number of hydrogen-bond acceptors (Lipinski definition) is 3. The number of amides is 3. The first kappa shape index (κ1) is 15.1. The molecule has 2 aromatic rings. The number of aromatic nitrogens is 2. The van der Waals surface area contributed by atoms with Crippen LogP contribution in [0.4, 0.5) is 16.2 Å². The number of H-pyrrole nitrogens is 1. The highest BCUT2D eigenvalue weighted by Crippen LogP contribution is 2.19. The van der Waals surface area contributed by atoms with Gasteiger partial charge < -0.3 is 15.5 Å². The summed E-state index contributed by atoms with van der Waals surface area (Å²) in [5, 5.41) is 12.1. The topological polar surface area (TPSA) is 90.1 Å². The number of urea groups is 1. The van der Waals surface area contributed by atoms with Gasteiger partial charge in [-0.15, -0.1) is 0 Å². The lowest BCUT2D eigenvalue weighted by Gasteiger charge is -2.31. The molecule has 1 aromatic heterocycles. The number of carbonyl (C=O) groups excluding carboxylic acids is 2. The number of rotatable bonds is 3. The first-order valence-corrected chi connectivity index (χ1v) is 7.63. The predicted octanol–water partition coefficient (Wildman–Crippen LogP) is 2.29. The van der Waals surface area contributed by atoms with Gasteiger partial charge in [0.1, 0.15) is 0 Å². The molecule has 1 aromatic carbocycles. The number of anilines is 2. The van der Waals surface area contributed by atoms with E-state index in [-0.39, 0.29) is 17.9 Å². The summed E-state index contributed by atoms with van der Waals surface area (Å²) < 4.78 is 0. The predicted molar refractivity (Wildman–Crippen MR) is 87.0 cm³/mol. The Bertz CT molecular complexity index is 656. The minimum absolute atomic E-state index is 0.0444. The Morgan fingerprint density at radius 3 is 2.74 bits per heavy atom. The van der Waals surface area contributed by atoms with E-state index in [0.717, 1.165) is 18.5 Å². The van der Waals surface area contributed by atoms with Crippen molar-refractivity contribution in [2.45, 2.75) is 12.8 Å². The smallest absolute Gasteiger partial charge is 0.321 e. The van der Waals surface area contributed by atoms with Crippen molar-refractivity contribution in [2.75, 3.05) is 23.7 Å². The van der Waals surface area contributed by atoms with Crippen LogP contribution >= 0.6 is 0 Å². The van der Waals surface area contributed by atoms with Crippen molar-refractivity contribution in [3.8, 4) is 0 Å². The van der Waals surface area contributed by atoms with Crippen molar-refractivity contribution in [3.05, 3.63) is 42.7 Å². The van der Waals surface area contributed by atoms with Crippen molar-refractivity contribution < 1.29 is 9.59 Å². The molecule has 0 aliphatic carbocycles. The summed E-state index contributed by atoms with van der Waals surface area (Å²) in [7, 11) is 0. The van der Waals surface area contributed by atoms with Crippen LogP contribution < -0.4 is 10.6 Å². The normalized spacial score (nSPS) is 17.6. The van der Waals surface area contributed by atoms with Crippen LogP contribution in [-0.2, 0) is 4.79 Å². The van der Waals surface area contributed by atoms with Gasteiger partial charge in [-0.05, 0) is 25.0 Å². The van der Waals surface area contributed by atoms with E-state index in [1.54, 1.807) is 17.3 Å². The average molecular weight is 313 g/mol. The number of carbonyl (C=O) groups is 2. The second-order valence-electron chi connectivity index (χ2n) is 5.56. The fraction of sp³-hybridized carbons (Fsp3) is 0.312. The van der Waals surface area contributed by atoms with Crippen LogP contribution in [0.5, 0.6) is 0 Å². The molecule has 1 aliphatic heterocycles. The molecule has 0 saturated carbocycles. The second-order valence-corrected chi connectivity index (χ2v) is 5.56. The van der Waals surface area contributed by atoms with Crippen LogP contribution in [0.1, 0.15) is 12.8 Å². The Morgan fingerprint density at radius 1 is 1.17 bits per heavy atom. The summed E-state index contributed by atoms with van der Waals surface area (Å²) in [6.07, 6.45) is 4.75. The molecule has 0 bridgehead atoms. The van der Waals surface area contributed by atoms with Crippen LogP contribution in [0.3, 0.4) is 0 Å². The molecule has 1 unspecified atom stereocenters. The molecule has 0 radical (unpaired) electrons. The lowest BCUT2D eigenvalue weighted by atomic mass is 9.97. The second kappa shape index (κ2) is 6.95. The molecule has 1 fully saturated rings. The summed E-state index contributed by atoms with van der Waals surface area (Å²) in [6.45, 7) is 1.07. The van der Waals surface area contributed by atoms with Gasteiger partial charge in [-0.3, -0.25) is 9.89 Å². The molecule has 3 N–H and O–H groups in total. The maximum Gasteiger partial charge on any atom is 0.321 e. The molecule has 1 atom stereocenters. The van der Waals surface area contributed by atoms with Crippen LogP contribution in [-0.4, -0.2) is 40.1 Å². The maximum atomic E-state index is 12.4. The van der Waals surface area contributed by atoms with Gasteiger partial charge in [-0.25, -0.2) is 4.79 Å². The third-order valence-corrected chi connectivity index (χ3v) is 3.87. The number of para-hydroxylation sites is 1. The molecule has 7 heteroatoms. The zero-order chi connectivity index (χ0) is 16.1. The van der Waals surface area contributed by atoms with E-state index < -0.39 is 0 Å². The Hall–Kier alpha value is -2.83. The van der Waals surface area contributed by atoms with E-state index in [4.69, 9.17) is 0 Å². The van der Waals surface area contributed by atoms with Gasteiger partial charge in [0, 0.05) is 25.0 Å². The Kier molecular flexibility index (Phi) is 4.56. The van der Waals surface area contributed by atoms with Crippen molar-refractivity contribution >= 4 is 23.3 Å². The molecule has 3 rings (SSSR count). The van der Waals surface area contributed by atoms with Crippen LogP contribution in [0.2, 0.25) is 0 Å². The fourth-order valence-electron chi connectivity index (χ4n) is 2.66. The molecular weight excluding hydrogens is 294 g/mol. The number of nitrogens with zero attached hydrogens (tertiary/aromatic N) is 2. The molecule has 2 heterocycles. The Morgan fingerprint density at radius 2 is 2.00 bits per heavy atom. The highest BCUT2D eigenvalue weighted by atomic mass is 16.2. The summed E-state index contributed by atoms with van der Waals surface area (Å²) in [4.78, 5) is 26.3. The molecular formula is C16H19N5O2. The van der Waals surface area contributed by atoms with Gasteiger partial charge in [0.25, 0.3) is 0 Å². The van der Waals surface area contributed by atoms with Crippen molar-refractivity contribution in [3.63, 3.8) is 0 Å². The number of aromatic amines is 1. The minimum Gasteiger partial charge on any atom is -0.326 e. The van der Waals surface area contributed by atoms with Crippen molar-refractivity contribution in [1.82, 2.24) is 15.1 Å². The molecule has 1 saturated heterocycles. The number of piperidine rings is 1. The lowest BCUT2D eigenvalue weighted by Crippen LogP contribution is -2.45. The molecule has 3 amide bonds. The summed E-state index contributed by atoms with van der Waals surface area (Å²) >= 11 is 0. The number of likely N-dealkylation sites (tertiary alicyclic amines) is 1. The Labute approximate surface area is 134 Å². The first-order chi connectivity index (χ1) is 11.2. The van der Waals surface area contributed by atoms with Crippen LogP contribution in [0, 0.1) is 5.92 Å². The van der Waals surface area contributed by atoms with E-state index in [1.807, 2.05) is 30.3 Å². The van der Waals surface area contributed by atoms with Crippen molar-refractivity contribution in [1.29, 1.82) is 0 Å². The zero-order valence-corrected chi connectivity index (χ0v) is 12.7. The molecule has 0 spiro atoms. The zero-order valence-electron chi connectivity index (χ0n) is 12.7. The van der Waals surface area contributed by atoms with E-state index >= 15 is 0 Å². The van der Waals surface area contributed by atoms with E-state index in [9.17, 15) is 9.59 Å². The lowest BCUT2D eigenvalue weighted by molar-refractivity contribution is -0.121. The highest BCUT2D eigenvalue weighted by Gasteiger charge is 2.28. The molecule has 23 heavy (non-hydrogen) atoms. The maximum absolute atomic E-state index is 12.4. The molecule has 7 nitrogen and oxygen atoms in total. The SMILES string of the molecule is O=C(Nc1ccccc1)C1CCCN(C(=O)Nc2cn[nH]c2)C1.